The number of rotatable bonds is 9. The van der Waals surface area contributed by atoms with Gasteiger partial charge in [-0.25, -0.2) is 19.6 Å². The molecule has 0 spiro atoms. The fraction of sp³-hybridized carbons (Fsp3) is 0.333. The van der Waals surface area contributed by atoms with Crippen LogP contribution in [-0.4, -0.2) is 83.5 Å². The predicted octanol–water partition coefficient (Wildman–Crippen LogP) is 3.44. The second-order valence-corrected chi connectivity index (χ2v) is 9.30. The SMILES string of the molecule is CCC1COCCN1c1nc(-c2ccc(NC(=O)Nc3ccc(NC(=O)NCCOC)cc3)cc2)nc2n[nH]nc12. The number of anilines is 4. The molecule has 5 rings (SSSR count). The zero-order valence-electron chi connectivity index (χ0n) is 22.8. The third-order valence-corrected chi connectivity index (χ3v) is 6.53. The van der Waals surface area contributed by atoms with Gasteiger partial charge in [0.1, 0.15) is 0 Å². The minimum atomic E-state index is -0.406. The Bertz CT molecular complexity index is 1480. The Labute approximate surface area is 236 Å². The Morgan fingerprint density at radius 2 is 1.63 bits per heavy atom. The lowest BCUT2D eigenvalue weighted by Crippen LogP contribution is -2.45. The van der Waals surface area contributed by atoms with Gasteiger partial charge in [-0.1, -0.05) is 6.92 Å². The summed E-state index contributed by atoms with van der Waals surface area (Å²) < 4.78 is 10.6. The Kier molecular flexibility index (Phi) is 8.81. The first-order valence-electron chi connectivity index (χ1n) is 13.3. The van der Waals surface area contributed by atoms with Crippen molar-refractivity contribution in [1.82, 2.24) is 30.7 Å². The van der Waals surface area contributed by atoms with Crippen LogP contribution in [0, 0.1) is 0 Å². The van der Waals surface area contributed by atoms with E-state index in [1.54, 1.807) is 43.5 Å². The minimum absolute atomic E-state index is 0.189. The van der Waals surface area contributed by atoms with Gasteiger partial charge in [0.25, 0.3) is 0 Å². The summed E-state index contributed by atoms with van der Waals surface area (Å²) in [5.74, 6) is 1.24. The molecule has 41 heavy (non-hydrogen) atoms. The number of nitrogens with one attached hydrogen (secondary N) is 5. The molecule has 2 aromatic heterocycles. The van der Waals surface area contributed by atoms with Crippen LogP contribution in [0.5, 0.6) is 0 Å². The maximum Gasteiger partial charge on any atom is 0.323 e. The van der Waals surface area contributed by atoms with Gasteiger partial charge in [-0.2, -0.15) is 10.3 Å². The number of methoxy groups -OCH3 is 1. The first kappa shape index (κ1) is 27.7. The number of morpholine rings is 1. The molecule has 5 N–H and O–H groups in total. The average Bonchev–Trinajstić information content (AvgIpc) is 3.47. The van der Waals surface area contributed by atoms with Gasteiger partial charge in [-0.15, -0.1) is 5.10 Å². The van der Waals surface area contributed by atoms with E-state index in [-0.39, 0.29) is 12.1 Å². The minimum Gasteiger partial charge on any atom is -0.383 e. The molecule has 3 heterocycles. The lowest BCUT2D eigenvalue weighted by molar-refractivity contribution is 0.0927. The summed E-state index contributed by atoms with van der Waals surface area (Å²) in [4.78, 5) is 36.1. The molecule has 2 aromatic carbocycles. The summed E-state index contributed by atoms with van der Waals surface area (Å²) in [5, 5.41) is 22.1. The summed E-state index contributed by atoms with van der Waals surface area (Å²) >= 11 is 0. The van der Waals surface area contributed by atoms with Gasteiger partial charge < -0.3 is 35.6 Å². The van der Waals surface area contributed by atoms with Crippen LogP contribution >= 0.6 is 0 Å². The number of amides is 4. The monoisotopic (exact) mass is 560 g/mol. The molecule has 14 heteroatoms. The quantitative estimate of drug-likeness (QED) is 0.192. The molecule has 1 fully saturated rings. The van der Waals surface area contributed by atoms with Gasteiger partial charge in [0, 0.05) is 42.8 Å². The molecule has 4 amide bonds. The van der Waals surface area contributed by atoms with Crippen LogP contribution in [0.3, 0.4) is 0 Å². The standard InChI is InChI=1S/C27H32N10O4/c1-3-21-16-41-15-13-37(21)25-22-24(35-36-34-22)32-23(33-25)17-4-6-18(7-5-17)30-27(39)31-20-10-8-19(9-11-20)29-26(38)28-12-14-40-2/h4-11,21H,3,12-16H2,1-2H3,(H2,28,29,38)(H2,30,31,39)(H,32,33,34,35,36). The molecule has 1 aliphatic rings. The number of H-pyrrole nitrogens is 1. The molecule has 1 unspecified atom stereocenters. The molecule has 4 aromatic rings. The van der Waals surface area contributed by atoms with Crippen molar-refractivity contribution in [3.8, 4) is 11.4 Å². The van der Waals surface area contributed by atoms with Crippen LogP contribution in [-0.2, 0) is 9.47 Å². The molecule has 1 saturated heterocycles. The average molecular weight is 561 g/mol. The van der Waals surface area contributed by atoms with E-state index in [1.807, 2.05) is 12.1 Å². The molecular formula is C27H32N10O4. The van der Waals surface area contributed by atoms with Crippen molar-refractivity contribution in [3.05, 3.63) is 48.5 Å². The molecule has 0 radical (unpaired) electrons. The van der Waals surface area contributed by atoms with E-state index in [1.165, 1.54) is 0 Å². The van der Waals surface area contributed by atoms with Crippen molar-refractivity contribution in [2.45, 2.75) is 19.4 Å². The fourth-order valence-electron chi connectivity index (χ4n) is 4.41. The predicted molar refractivity (Wildman–Crippen MR) is 155 cm³/mol. The van der Waals surface area contributed by atoms with Crippen LogP contribution in [0.2, 0.25) is 0 Å². The Hall–Kier alpha value is -4.82. The Morgan fingerprint density at radius 1 is 0.976 bits per heavy atom. The lowest BCUT2D eigenvalue weighted by atomic mass is 10.1. The number of carbonyl (C=O) groups is 2. The summed E-state index contributed by atoms with van der Waals surface area (Å²) in [6, 6.07) is 13.5. The topological polar surface area (TPSA) is 171 Å². The smallest absolute Gasteiger partial charge is 0.323 e. The van der Waals surface area contributed by atoms with Crippen molar-refractivity contribution in [2.75, 3.05) is 60.9 Å². The molecule has 0 bridgehead atoms. The normalized spacial score (nSPS) is 15.0. The molecule has 0 aliphatic carbocycles. The third-order valence-electron chi connectivity index (χ3n) is 6.53. The van der Waals surface area contributed by atoms with Crippen molar-refractivity contribution >= 4 is 46.1 Å². The van der Waals surface area contributed by atoms with Gasteiger partial charge in [0.2, 0.25) is 5.65 Å². The highest BCUT2D eigenvalue weighted by atomic mass is 16.5. The summed E-state index contributed by atoms with van der Waals surface area (Å²) in [5.41, 5.74) is 3.64. The molecule has 1 atom stereocenters. The second kappa shape index (κ2) is 13.0. The number of urea groups is 2. The molecule has 1 aliphatic heterocycles. The van der Waals surface area contributed by atoms with E-state index >= 15 is 0 Å². The van der Waals surface area contributed by atoms with Crippen molar-refractivity contribution in [2.24, 2.45) is 0 Å². The van der Waals surface area contributed by atoms with Gasteiger partial charge in [-0.3, -0.25) is 0 Å². The number of aromatic nitrogens is 5. The van der Waals surface area contributed by atoms with Crippen LogP contribution < -0.4 is 26.2 Å². The fourth-order valence-corrected chi connectivity index (χ4v) is 4.41. The van der Waals surface area contributed by atoms with Gasteiger partial charge >= 0.3 is 12.1 Å². The van der Waals surface area contributed by atoms with E-state index < -0.39 is 6.03 Å². The number of ether oxygens (including phenoxy) is 2. The van der Waals surface area contributed by atoms with E-state index in [0.717, 1.165) is 17.8 Å². The number of fused-ring (bicyclic) bond motifs is 1. The van der Waals surface area contributed by atoms with Crippen molar-refractivity contribution in [3.63, 3.8) is 0 Å². The first-order valence-corrected chi connectivity index (χ1v) is 13.3. The van der Waals surface area contributed by atoms with Crippen LogP contribution in [0.15, 0.2) is 48.5 Å². The molecular weight excluding hydrogens is 528 g/mol. The highest BCUT2D eigenvalue weighted by Gasteiger charge is 2.27. The Balaban J connectivity index is 1.22. The van der Waals surface area contributed by atoms with Crippen LogP contribution in [0.4, 0.5) is 32.5 Å². The molecule has 0 saturated carbocycles. The highest BCUT2D eigenvalue weighted by Crippen LogP contribution is 2.29. The second-order valence-electron chi connectivity index (χ2n) is 9.30. The first-order chi connectivity index (χ1) is 20.0. The van der Waals surface area contributed by atoms with Gasteiger partial charge in [0.05, 0.1) is 25.9 Å². The number of benzene rings is 2. The van der Waals surface area contributed by atoms with Gasteiger partial charge in [0.15, 0.2) is 17.2 Å². The van der Waals surface area contributed by atoms with E-state index in [9.17, 15) is 9.59 Å². The van der Waals surface area contributed by atoms with Crippen LogP contribution in [0.1, 0.15) is 13.3 Å². The highest BCUT2D eigenvalue weighted by molar-refractivity contribution is 6.00. The number of carbonyl (C=O) groups excluding carboxylic acids is 2. The number of nitrogens with zero attached hydrogens (tertiary/aromatic N) is 5. The summed E-state index contributed by atoms with van der Waals surface area (Å²) in [6.07, 6.45) is 0.911. The zero-order chi connectivity index (χ0) is 28.6. The summed E-state index contributed by atoms with van der Waals surface area (Å²) in [7, 11) is 1.57. The Morgan fingerprint density at radius 3 is 2.29 bits per heavy atom. The zero-order valence-corrected chi connectivity index (χ0v) is 22.8. The van der Waals surface area contributed by atoms with E-state index in [4.69, 9.17) is 14.5 Å². The summed E-state index contributed by atoms with van der Waals surface area (Å²) in [6.45, 7) is 4.90. The third kappa shape index (κ3) is 6.85. The van der Waals surface area contributed by atoms with Crippen molar-refractivity contribution < 1.29 is 19.1 Å². The largest absolute Gasteiger partial charge is 0.383 e. The van der Waals surface area contributed by atoms with Gasteiger partial charge in [-0.05, 0) is 55.0 Å². The van der Waals surface area contributed by atoms with Crippen molar-refractivity contribution in [1.29, 1.82) is 0 Å². The molecule has 14 nitrogen and oxygen atoms in total. The van der Waals surface area contributed by atoms with E-state index in [2.05, 4.69) is 53.5 Å². The maximum atomic E-state index is 12.6. The number of hydrogen-bond donors (Lipinski definition) is 5. The van der Waals surface area contributed by atoms with E-state index in [0.29, 0.717) is 67.0 Å². The number of hydrogen-bond acceptors (Lipinski definition) is 9. The number of aromatic amines is 1. The maximum absolute atomic E-state index is 12.6. The lowest BCUT2D eigenvalue weighted by Gasteiger charge is -2.36. The molecule has 214 valence electrons. The van der Waals surface area contributed by atoms with Crippen LogP contribution in [0.25, 0.3) is 22.6 Å².